The maximum Gasteiger partial charge on any atom is 0.0348 e. The molecular formula is C10H14N2. The SMILES string of the molecule is CC(CCc1ccccc1)=NN. The molecule has 1 rings (SSSR count). The molecule has 0 bridgehead atoms. The van der Waals surface area contributed by atoms with E-state index in [-0.39, 0.29) is 0 Å². The highest BCUT2D eigenvalue weighted by atomic mass is 15.1. The second-order valence-electron chi connectivity index (χ2n) is 2.85. The smallest absolute Gasteiger partial charge is 0.0348 e. The van der Waals surface area contributed by atoms with Gasteiger partial charge in [0, 0.05) is 5.71 Å². The Labute approximate surface area is 73.1 Å². The zero-order valence-electron chi connectivity index (χ0n) is 7.33. The molecular weight excluding hydrogens is 148 g/mol. The molecule has 1 aromatic carbocycles. The Morgan fingerprint density at radius 2 is 2.00 bits per heavy atom. The molecule has 0 saturated carbocycles. The molecule has 0 aliphatic rings. The number of nitrogens with two attached hydrogens (primary N) is 1. The zero-order chi connectivity index (χ0) is 8.81. The predicted molar refractivity (Wildman–Crippen MR) is 52.1 cm³/mol. The minimum Gasteiger partial charge on any atom is -0.323 e. The van der Waals surface area contributed by atoms with Gasteiger partial charge in [-0.15, -0.1) is 0 Å². The van der Waals surface area contributed by atoms with Crippen molar-refractivity contribution in [1.82, 2.24) is 0 Å². The third kappa shape index (κ3) is 2.74. The average Bonchev–Trinajstić information content (AvgIpc) is 2.16. The van der Waals surface area contributed by atoms with Crippen LogP contribution in [0.1, 0.15) is 18.9 Å². The number of hydrogen-bond donors (Lipinski definition) is 1. The van der Waals surface area contributed by atoms with Gasteiger partial charge in [0.05, 0.1) is 0 Å². The van der Waals surface area contributed by atoms with Crippen LogP contribution in [-0.2, 0) is 6.42 Å². The molecule has 0 radical (unpaired) electrons. The van der Waals surface area contributed by atoms with Crippen molar-refractivity contribution < 1.29 is 0 Å². The van der Waals surface area contributed by atoms with E-state index < -0.39 is 0 Å². The Morgan fingerprint density at radius 3 is 2.58 bits per heavy atom. The Balaban J connectivity index is 2.44. The van der Waals surface area contributed by atoms with Crippen LogP contribution in [0, 0.1) is 0 Å². The summed E-state index contributed by atoms with van der Waals surface area (Å²) in [7, 11) is 0. The molecule has 64 valence electrons. The van der Waals surface area contributed by atoms with E-state index in [1.54, 1.807) is 0 Å². The van der Waals surface area contributed by atoms with Crippen molar-refractivity contribution >= 4 is 5.71 Å². The molecule has 1 aromatic rings. The molecule has 0 heterocycles. The molecule has 0 fully saturated rings. The van der Waals surface area contributed by atoms with Crippen LogP contribution in [-0.4, -0.2) is 5.71 Å². The van der Waals surface area contributed by atoms with Gasteiger partial charge in [0.25, 0.3) is 0 Å². The number of benzene rings is 1. The van der Waals surface area contributed by atoms with Gasteiger partial charge in [-0.2, -0.15) is 5.10 Å². The minimum atomic E-state index is 0.945. The highest BCUT2D eigenvalue weighted by Gasteiger charge is 1.93. The predicted octanol–water partition coefficient (Wildman–Crippen LogP) is 1.95. The van der Waals surface area contributed by atoms with E-state index >= 15 is 0 Å². The Bertz CT molecular complexity index is 252. The third-order valence-electron chi connectivity index (χ3n) is 1.84. The summed E-state index contributed by atoms with van der Waals surface area (Å²) >= 11 is 0. The largest absolute Gasteiger partial charge is 0.323 e. The van der Waals surface area contributed by atoms with Gasteiger partial charge in [0.15, 0.2) is 0 Å². The normalized spacial score (nSPS) is 11.6. The summed E-state index contributed by atoms with van der Waals surface area (Å²) in [6.45, 7) is 1.95. The van der Waals surface area contributed by atoms with Crippen LogP contribution in [0.4, 0.5) is 0 Å². The third-order valence-corrected chi connectivity index (χ3v) is 1.84. The van der Waals surface area contributed by atoms with Gasteiger partial charge in [-0.1, -0.05) is 30.3 Å². The number of aryl methyl sites for hydroxylation is 1. The van der Waals surface area contributed by atoms with Crippen molar-refractivity contribution in [2.45, 2.75) is 19.8 Å². The maximum atomic E-state index is 5.12. The molecule has 0 saturated heterocycles. The molecule has 0 atom stereocenters. The van der Waals surface area contributed by atoms with E-state index in [0.717, 1.165) is 18.6 Å². The van der Waals surface area contributed by atoms with E-state index in [9.17, 15) is 0 Å². The number of nitrogens with zero attached hydrogens (tertiary/aromatic N) is 1. The molecule has 12 heavy (non-hydrogen) atoms. The molecule has 2 nitrogen and oxygen atoms in total. The highest BCUT2D eigenvalue weighted by molar-refractivity contribution is 5.81. The van der Waals surface area contributed by atoms with Crippen LogP contribution >= 0.6 is 0 Å². The fourth-order valence-corrected chi connectivity index (χ4v) is 1.03. The molecule has 0 spiro atoms. The summed E-state index contributed by atoms with van der Waals surface area (Å²) in [6.07, 6.45) is 1.97. The lowest BCUT2D eigenvalue weighted by Gasteiger charge is -1.99. The molecule has 0 aromatic heterocycles. The first-order valence-corrected chi connectivity index (χ1v) is 4.10. The lowest BCUT2D eigenvalue weighted by atomic mass is 10.1. The fourth-order valence-electron chi connectivity index (χ4n) is 1.03. The first-order chi connectivity index (χ1) is 5.83. The van der Waals surface area contributed by atoms with E-state index in [2.05, 4.69) is 17.2 Å². The lowest BCUT2D eigenvalue weighted by Crippen LogP contribution is -1.98. The van der Waals surface area contributed by atoms with E-state index in [1.807, 2.05) is 25.1 Å². The minimum absolute atomic E-state index is 0.945. The van der Waals surface area contributed by atoms with Gasteiger partial charge >= 0.3 is 0 Å². The number of hydrazone groups is 1. The van der Waals surface area contributed by atoms with E-state index in [0.29, 0.717) is 0 Å². The fraction of sp³-hybridized carbons (Fsp3) is 0.300. The van der Waals surface area contributed by atoms with Gasteiger partial charge in [0.2, 0.25) is 0 Å². The molecule has 0 aliphatic heterocycles. The van der Waals surface area contributed by atoms with Crippen LogP contribution in [0.15, 0.2) is 35.4 Å². The Kier molecular flexibility index (Phi) is 3.33. The summed E-state index contributed by atoms with van der Waals surface area (Å²) in [5, 5.41) is 3.62. The molecule has 0 amide bonds. The van der Waals surface area contributed by atoms with Gasteiger partial charge < -0.3 is 5.84 Å². The standard InChI is InChI=1S/C10H14N2/c1-9(12-11)7-8-10-5-3-2-4-6-10/h2-6H,7-8,11H2,1H3. The highest BCUT2D eigenvalue weighted by Crippen LogP contribution is 2.02. The second-order valence-corrected chi connectivity index (χ2v) is 2.85. The number of rotatable bonds is 3. The van der Waals surface area contributed by atoms with Crippen LogP contribution < -0.4 is 5.84 Å². The second kappa shape index (κ2) is 4.54. The molecule has 0 aliphatic carbocycles. The van der Waals surface area contributed by atoms with Gasteiger partial charge in [-0.05, 0) is 25.3 Å². The van der Waals surface area contributed by atoms with Gasteiger partial charge in [-0.25, -0.2) is 0 Å². The first-order valence-electron chi connectivity index (χ1n) is 4.10. The maximum absolute atomic E-state index is 5.12. The molecule has 0 unspecified atom stereocenters. The van der Waals surface area contributed by atoms with Crippen LogP contribution in [0.5, 0.6) is 0 Å². The summed E-state index contributed by atoms with van der Waals surface area (Å²) in [6, 6.07) is 10.3. The van der Waals surface area contributed by atoms with Crippen molar-refractivity contribution in [1.29, 1.82) is 0 Å². The monoisotopic (exact) mass is 162 g/mol. The Hall–Kier alpha value is -1.31. The summed E-state index contributed by atoms with van der Waals surface area (Å²) < 4.78 is 0. The molecule has 2 N–H and O–H groups in total. The van der Waals surface area contributed by atoms with Crippen molar-refractivity contribution in [3.05, 3.63) is 35.9 Å². The lowest BCUT2D eigenvalue weighted by molar-refractivity contribution is 1.02. The number of hydrogen-bond acceptors (Lipinski definition) is 2. The van der Waals surface area contributed by atoms with E-state index in [1.165, 1.54) is 5.56 Å². The van der Waals surface area contributed by atoms with Gasteiger partial charge in [-0.3, -0.25) is 0 Å². The van der Waals surface area contributed by atoms with E-state index in [4.69, 9.17) is 5.84 Å². The van der Waals surface area contributed by atoms with Crippen molar-refractivity contribution in [3.8, 4) is 0 Å². The van der Waals surface area contributed by atoms with Crippen molar-refractivity contribution in [2.24, 2.45) is 10.9 Å². The Morgan fingerprint density at radius 1 is 1.33 bits per heavy atom. The topological polar surface area (TPSA) is 38.4 Å². The first kappa shape index (κ1) is 8.78. The van der Waals surface area contributed by atoms with Crippen LogP contribution in [0.3, 0.4) is 0 Å². The van der Waals surface area contributed by atoms with Crippen molar-refractivity contribution in [3.63, 3.8) is 0 Å². The average molecular weight is 162 g/mol. The van der Waals surface area contributed by atoms with Crippen LogP contribution in [0.25, 0.3) is 0 Å². The van der Waals surface area contributed by atoms with Crippen LogP contribution in [0.2, 0.25) is 0 Å². The zero-order valence-corrected chi connectivity index (χ0v) is 7.33. The summed E-state index contributed by atoms with van der Waals surface area (Å²) in [4.78, 5) is 0. The molecule has 2 heteroatoms. The quantitative estimate of drug-likeness (QED) is 0.412. The van der Waals surface area contributed by atoms with Crippen molar-refractivity contribution in [2.75, 3.05) is 0 Å². The summed E-state index contributed by atoms with van der Waals surface area (Å²) in [5.74, 6) is 5.12. The van der Waals surface area contributed by atoms with Gasteiger partial charge in [0.1, 0.15) is 0 Å². The summed E-state index contributed by atoms with van der Waals surface area (Å²) in [5.41, 5.74) is 2.33.